The highest BCUT2D eigenvalue weighted by atomic mass is 32.2. The molecule has 1 aliphatic rings. The number of carboxylic acid groups (broad SMARTS) is 1. The smallest absolute Gasteiger partial charge is 0.305 e. The lowest BCUT2D eigenvalue weighted by molar-refractivity contribution is -0.139. The van der Waals surface area contributed by atoms with Gasteiger partial charge in [-0.3, -0.25) is 14.5 Å². The molecule has 116 valence electrons. The second kappa shape index (κ2) is 6.48. The summed E-state index contributed by atoms with van der Waals surface area (Å²) in [4.78, 5) is 23.7. The van der Waals surface area contributed by atoms with E-state index in [2.05, 4.69) is 10.2 Å². The largest absolute Gasteiger partial charge is 0.508 e. The van der Waals surface area contributed by atoms with Crippen LogP contribution < -0.4 is 0 Å². The van der Waals surface area contributed by atoms with E-state index in [0.717, 1.165) is 17.8 Å². The van der Waals surface area contributed by atoms with Gasteiger partial charge in [-0.2, -0.15) is 5.10 Å². The third-order valence-electron chi connectivity index (χ3n) is 2.85. The van der Waals surface area contributed by atoms with Crippen LogP contribution in [0.1, 0.15) is 12.0 Å². The first-order valence-corrected chi connectivity index (χ1v) is 7.05. The van der Waals surface area contributed by atoms with Crippen LogP contribution in [0.5, 0.6) is 11.5 Å². The van der Waals surface area contributed by atoms with Gasteiger partial charge in [0.2, 0.25) is 5.91 Å². The van der Waals surface area contributed by atoms with Crippen molar-refractivity contribution < 1.29 is 24.9 Å². The van der Waals surface area contributed by atoms with E-state index >= 15 is 0 Å². The fraction of sp³-hybridized carbons (Fsp3) is 0.231. The third-order valence-corrected chi connectivity index (χ3v) is 4.07. The predicted octanol–water partition coefficient (Wildman–Crippen LogP) is 0.836. The monoisotopic (exact) mass is 323 g/mol. The van der Waals surface area contributed by atoms with Gasteiger partial charge in [0.25, 0.3) is 0 Å². The number of benzene rings is 1. The van der Waals surface area contributed by atoms with E-state index in [1.165, 1.54) is 30.3 Å². The number of amides is 1. The highest BCUT2D eigenvalue weighted by Crippen LogP contribution is 2.28. The second-order valence-electron chi connectivity index (χ2n) is 4.47. The van der Waals surface area contributed by atoms with E-state index in [1.807, 2.05) is 0 Å². The summed E-state index contributed by atoms with van der Waals surface area (Å²) in [6.07, 6.45) is 0.987. The lowest BCUT2D eigenvalue weighted by Gasteiger charge is -2.06. The Labute approximate surface area is 129 Å². The van der Waals surface area contributed by atoms with Gasteiger partial charge in [0.05, 0.1) is 12.6 Å². The number of hydrogen-bond acceptors (Lipinski definition) is 7. The summed E-state index contributed by atoms with van der Waals surface area (Å²) >= 11 is 1.03. The molecule has 1 atom stereocenters. The van der Waals surface area contributed by atoms with Gasteiger partial charge in [0, 0.05) is 18.7 Å². The summed E-state index contributed by atoms with van der Waals surface area (Å²) < 4.78 is 0. The van der Waals surface area contributed by atoms with E-state index in [0.29, 0.717) is 5.56 Å². The van der Waals surface area contributed by atoms with Gasteiger partial charge in [0.1, 0.15) is 16.7 Å². The van der Waals surface area contributed by atoms with Gasteiger partial charge in [-0.1, -0.05) is 11.8 Å². The van der Waals surface area contributed by atoms with Crippen LogP contribution in [0.15, 0.2) is 28.4 Å². The van der Waals surface area contributed by atoms with E-state index < -0.39 is 11.2 Å². The molecule has 0 aliphatic carbocycles. The summed E-state index contributed by atoms with van der Waals surface area (Å²) in [5.74, 6) is -1.63. The molecular formula is C13H13N3O5S. The zero-order valence-electron chi connectivity index (χ0n) is 11.5. The Kier molecular flexibility index (Phi) is 4.66. The molecule has 22 heavy (non-hydrogen) atoms. The van der Waals surface area contributed by atoms with Crippen molar-refractivity contribution in [2.24, 2.45) is 10.2 Å². The van der Waals surface area contributed by atoms with Crippen LogP contribution >= 0.6 is 11.8 Å². The first-order chi connectivity index (χ1) is 10.4. The minimum absolute atomic E-state index is 0.0749. The molecule has 9 heteroatoms. The van der Waals surface area contributed by atoms with Crippen LogP contribution in [0.4, 0.5) is 0 Å². The van der Waals surface area contributed by atoms with Crippen molar-refractivity contribution in [3.8, 4) is 11.5 Å². The zero-order chi connectivity index (χ0) is 16.3. The lowest BCUT2D eigenvalue weighted by atomic mass is 10.2. The molecule has 0 aromatic heterocycles. The first kappa shape index (κ1) is 15.8. The van der Waals surface area contributed by atoms with E-state index in [4.69, 9.17) is 5.11 Å². The Morgan fingerprint density at radius 1 is 1.45 bits per heavy atom. The molecule has 0 spiro atoms. The van der Waals surface area contributed by atoms with Crippen molar-refractivity contribution in [2.75, 3.05) is 7.05 Å². The topological polar surface area (TPSA) is 123 Å². The van der Waals surface area contributed by atoms with Crippen LogP contribution in [-0.2, 0) is 9.59 Å². The van der Waals surface area contributed by atoms with E-state index in [1.54, 1.807) is 0 Å². The summed E-state index contributed by atoms with van der Waals surface area (Å²) in [7, 11) is 1.49. The fourth-order valence-corrected chi connectivity index (χ4v) is 2.81. The Hall–Kier alpha value is -2.55. The van der Waals surface area contributed by atoms with Gasteiger partial charge in [-0.15, -0.1) is 5.10 Å². The van der Waals surface area contributed by atoms with Crippen molar-refractivity contribution >= 4 is 35.0 Å². The minimum Gasteiger partial charge on any atom is -0.508 e. The molecule has 1 heterocycles. The Morgan fingerprint density at radius 2 is 2.18 bits per heavy atom. The predicted molar refractivity (Wildman–Crippen MR) is 81.2 cm³/mol. The molecule has 1 aromatic rings. The molecule has 8 nitrogen and oxygen atoms in total. The van der Waals surface area contributed by atoms with Crippen LogP contribution in [-0.4, -0.2) is 55.8 Å². The molecule has 0 radical (unpaired) electrons. The average Bonchev–Trinajstić information content (AvgIpc) is 2.69. The standard InChI is InChI=1S/C13H13N3O5S/c1-16-12(21)10(5-11(19)20)22-13(16)15-14-6-7-2-3-8(17)4-9(7)18/h2-4,6,10,17-18H,5H2,1H3,(H,19,20)/b14-6+,15-13?. The number of aromatic hydroxyl groups is 2. The van der Waals surface area contributed by atoms with Gasteiger partial charge in [-0.25, -0.2) is 0 Å². The highest BCUT2D eigenvalue weighted by molar-refractivity contribution is 8.15. The van der Waals surface area contributed by atoms with Crippen molar-refractivity contribution in [1.82, 2.24) is 4.90 Å². The number of rotatable bonds is 4. The van der Waals surface area contributed by atoms with E-state index in [9.17, 15) is 19.8 Å². The molecule has 2 rings (SSSR count). The lowest BCUT2D eigenvalue weighted by Crippen LogP contribution is -2.28. The molecule has 1 aliphatic heterocycles. The second-order valence-corrected chi connectivity index (χ2v) is 5.64. The Bertz CT molecular complexity index is 674. The van der Waals surface area contributed by atoms with Gasteiger partial charge >= 0.3 is 5.97 Å². The SMILES string of the molecule is CN1C(=O)C(CC(=O)O)SC1=N/N=C/c1ccc(O)cc1O. The number of hydrogen-bond donors (Lipinski definition) is 3. The van der Waals surface area contributed by atoms with Crippen LogP contribution in [0.25, 0.3) is 0 Å². The molecule has 0 saturated carbocycles. The molecular weight excluding hydrogens is 310 g/mol. The number of carbonyl (C=O) groups is 2. The van der Waals surface area contributed by atoms with Crippen LogP contribution in [0.2, 0.25) is 0 Å². The number of aliphatic carboxylic acids is 1. The Morgan fingerprint density at radius 3 is 2.82 bits per heavy atom. The number of thioether (sulfide) groups is 1. The number of carbonyl (C=O) groups excluding carboxylic acids is 1. The van der Waals surface area contributed by atoms with Crippen molar-refractivity contribution in [1.29, 1.82) is 0 Å². The van der Waals surface area contributed by atoms with Gasteiger partial charge in [0.15, 0.2) is 5.17 Å². The van der Waals surface area contributed by atoms with Crippen molar-refractivity contribution in [3.63, 3.8) is 0 Å². The summed E-state index contributed by atoms with van der Waals surface area (Å²) in [6, 6.07) is 4.01. The van der Waals surface area contributed by atoms with Crippen LogP contribution in [0.3, 0.4) is 0 Å². The van der Waals surface area contributed by atoms with Crippen molar-refractivity contribution in [3.05, 3.63) is 23.8 Å². The molecule has 1 amide bonds. The summed E-state index contributed by atoms with van der Waals surface area (Å²) in [6.45, 7) is 0. The molecule has 1 fully saturated rings. The maximum absolute atomic E-state index is 11.8. The average molecular weight is 323 g/mol. The molecule has 1 saturated heterocycles. The quantitative estimate of drug-likeness (QED) is 0.557. The minimum atomic E-state index is -1.06. The normalized spacial score (nSPS) is 20.2. The highest BCUT2D eigenvalue weighted by Gasteiger charge is 2.37. The number of carboxylic acids is 1. The molecule has 3 N–H and O–H groups in total. The molecule has 1 unspecified atom stereocenters. The fourth-order valence-electron chi connectivity index (χ4n) is 1.73. The number of nitrogens with zero attached hydrogens (tertiary/aromatic N) is 3. The van der Waals surface area contributed by atoms with Crippen molar-refractivity contribution in [2.45, 2.75) is 11.7 Å². The van der Waals surface area contributed by atoms with Gasteiger partial charge < -0.3 is 15.3 Å². The molecule has 0 bridgehead atoms. The maximum Gasteiger partial charge on any atom is 0.305 e. The number of phenolic OH excluding ortho intramolecular Hbond substituents is 2. The first-order valence-electron chi connectivity index (χ1n) is 6.17. The van der Waals surface area contributed by atoms with E-state index in [-0.39, 0.29) is 29.0 Å². The molecule has 1 aromatic carbocycles. The summed E-state index contributed by atoms with van der Waals surface area (Å²) in [5, 5.41) is 34.7. The summed E-state index contributed by atoms with van der Waals surface area (Å²) in [5.41, 5.74) is 0.348. The maximum atomic E-state index is 11.8. The number of amidine groups is 1. The third kappa shape index (κ3) is 3.55. The Balaban J connectivity index is 2.11. The zero-order valence-corrected chi connectivity index (χ0v) is 12.3. The van der Waals surface area contributed by atoms with Gasteiger partial charge in [-0.05, 0) is 12.1 Å². The van der Waals surface area contributed by atoms with Crippen LogP contribution in [0, 0.1) is 0 Å². The number of phenols is 2.